The van der Waals surface area contributed by atoms with Crippen LogP contribution >= 0.6 is 0 Å². The van der Waals surface area contributed by atoms with Crippen molar-refractivity contribution in [3.8, 4) is 0 Å². The summed E-state index contributed by atoms with van der Waals surface area (Å²) in [6.07, 6.45) is -4.30. The highest BCUT2D eigenvalue weighted by Crippen LogP contribution is 2.30. The van der Waals surface area contributed by atoms with E-state index in [1.165, 1.54) is 0 Å². The van der Waals surface area contributed by atoms with E-state index in [0.717, 1.165) is 5.56 Å². The lowest BCUT2D eigenvalue weighted by molar-refractivity contribution is -0.239. The minimum absolute atomic E-state index is 0.193. The Hall–Kier alpha value is -3.52. The van der Waals surface area contributed by atoms with Gasteiger partial charge in [0.15, 0.2) is 12.2 Å². The maximum Gasteiger partial charge on any atom is 0.338 e. The summed E-state index contributed by atoms with van der Waals surface area (Å²) in [7, 11) is 0. The zero-order valence-corrected chi connectivity index (χ0v) is 19.4. The molecule has 1 fully saturated rings. The second kappa shape index (κ2) is 11.8. The van der Waals surface area contributed by atoms with Crippen molar-refractivity contribution in [2.24, 2.45) is 0 Å². The Morgan fingerprint density at radius 3 is 1.74 bits per heavy atom. The van der Waals surface area contributed by atoms with E-state index in [0.29, 0.717) is 11.1 Å². The lowest BCUT2D eigenvalue weighted by atomic mass is 9.94. The van der Waals surface area contributed by atoms with Crippen LogP contribution in [-0.4, -0.2) is 54.2 Å². The summed E-state index contributed by atoms with van der Waals surface area (Å²) in [5, 5.41) is 10.0. The monoisotopic (exact) mass is 476 g/mol. The second-order valence-electron chi connectivity index (χ2n) is 8.30. The fourth-order valence-corrected chi connectivity index (χ4v) is 4.04. The van der Waals surface area contributed by atoms with Gasteiger partial charge in [-0.25, -0.2) is 9.59 Å². The largest absolute Gasteiger partial charge is 0.452 e. The van der Waals surface area contributed by atoms with E-state index in [9.17, 15) is 14.7 Å². The molecule has 2 unspecified atom stereocenters. The molecule has 182 valence electrons. The smallest absolute Gasteiger partial charge is 0.338 e. The third kappa shape index (κ3) is 6.14. The maximum atomic E-state index is 13.0. The molecule has 1 saturated heterocycles. The highest BCUT2D eigenvalue weighted by Gasteiger charge is 2.49. The molecule has 5 atom stereocenters. The van der Waals surface area contributed by atoms with Crippen molar-refractivity contribution < 1.29 is 33.6 Å². The molecule has 3 aromatic rings. The molecule has 7 nitrogen and oxygen atoms in total. The van der Waals surface area contributed by atoms with Gasteiger partial charge < -0.3 is 24.1 Å². The third-order valence-electron chi connectivity index (χ3n) is 5.84. The normalized spacial score (nSPS) is 23.9. The summed E-state index contributed by atoms with van der Waals surface area (Å²) in [4.78, 5) is 25.9. The minimum Gasteiger partial charge on any atom is -0.452 e. The van der Waals surface area contributed by atoms with Crippen molar-refractivity contribution in [2.75, 3.05) is 6.61 Å². The van der Waals surface area contributed by atoms with Gasteiger partial charge in [-0.05, 0) is 36.8 Å². The Morgan fingerprint density at radius 2 is 1.23 bits per heavy atom. The molecule has 0 saturated carbocycles. The van der Waals surface area contributed by atoms with Gasteiger partial charge in [0.2, 0.25) is 0 Å². The highest BCUT2D eigenvalue weighted by atomic mass is 16.6. The fourth-order valence-electron chi connectivity index (χ4n) is 4.04. The van der Waals surface area contributed by atoms with Crippen LogP contribution < -0.4 is 0 Å². The topological polar surface area (TPSA) is 91.3 Å². The molecule has 1 heterocycles. The van der Waals surface area contributed by atoms with E-state index >= 15 is 0 Å². The molecule has 4 rings (SSSR count). The van der Waals surface area contributed by atoms with E-state index in [1.54, 1.807) is 67.6 Å². The van der Waals surface area contributed by atoms with E-state index < -0.39 is 42.5 Å². The summed E-state index contributed by atoms with van der Waals surface area (Å²) in [5.41, 5.74) is 1.61. The van der Waals surface area contributed by atoms with Crippen molar-refractivity contribution in [1.82, 2.24) is 0 Å². The molecular formula is C28H28O7. The first-order valence-electron chi connectivity index (χ1n) is 11.5. The first-order chi connectivity index (χ1) is 17.1. The van der Waals surface area contributed by atoms with Crippen LogP contribution in [0, 0.1) is 0 Å². The van der Waals surface area contributed by atoms with Gasteiger partial charge in [0.05, 0.1) is 30.4 Å². The number of carbonyl (C=O) groups excluding carboxylic acids is 2. The molecule has 7 heteroatoms. The third-order valence-corrected chi connectivity index (χ3v) is 5.84. The number of aliphatic hydroxyl groups is 1. The van der Waals surface area contributed by atoms with Crippen molar-refractivity contribution in [1.29, 1.82) is 0 Å². The number of rotatable bonds is 8. The van der Waals surface area contributed by atoms with Crippen LogP contribution in [0.5, 0.6) is 0 Å². The Kier molecular flexibility index (Phi) is 8.26. The molecule has 1 aliphatic heterocycles. The average Bonchev–Trinajstić information content (AvgIpc) is 2.91. The Morgan fingerprint density at radius 1 is 0.743 bits per heavy atom. The molecule has 1 N–H and O–H groups in total. The van der Waals surface area contributed by atoms with Gasteiger partial charge in [-0.2, -0.15) is 0 Å². The standard InChI is InChI=1S/C28H28O7/c1-19-24(34-27(30)21-13-7-3-8-14-21)26(35-28(31)22-15-9-4-10-16-22)25(23(17-29)33-19)32-18-20-11-5-2-6-12-20/h2-16,19,23-26,29H,17-18H2,1H3/t19-,23?,24?,25-,26+/m0/s1. The quantitative estimate of drug-likeness (QED) is 0.495. The van der Waals surface area contributed by atoms with Crippen LogP contribution in [0.25, 0.3) is 0 Å². The Bertz CT molecular complexity index is 1090. The molecule has 3 aromatic carbocycles. The number of carbonyl (C=O) groups is 2. The zero-order chi connectivity index (χ0) is 24.6. The van der Waals surface area contributed by atoms with E-state index in [4.69, 9.17) is 18.9 Å². The lowest BCUT2D eigenvalue weighted by Gasteiger charge is -2.44. The van der Waals surface area contributed by atoms with Crippen LogP contribution in [0.3, 0.4) is 0 Å². The Balaban J connectivity index is 1.62. The zero-order valence-electron chi connectivity index (χ0n) is 19.4. The van der Waals surface area contributed by atoms with Crippen LogP contribution in [0.2, 0.25) is 0 Å². The first kappa shape index (κ1) is 24.6. The van der Waals surface area contributed by atoms with Gasteiger partial charge in [-0.15, -0.1) is 0 Å². The van der Waals surface area contributed by atoms with Gasteiger partial charge in [0.1, 0.15) is 12.2 Å². The van der Waals surface area contributed by atoms with Crippen molar-refractivity contribution in [3.05, 3.63) is 108 Å². The van der Waals surface area contributed by atoms with Gasteiger partial charge in [0.25, 0.3) is 0 Å². The number of esters is 2. The maximum absolute atomic E-state index is 13.0. The number of benzene rings is 3. The molecule has 0 aliphatic carbocycles. The molecular weight excluding hydrogens is 448 g/mol. The SMILES string of the molecule is C[C@@H]1OC(CO)[C@H](OCc2ccccc2)[C@H](OC(=O)c2ccccc2)C1OC(=O)c1ccccc1. The molecule has 0 radical (unpaired) electrons. The molecule has 0 aromatic heterocycles. The van der Waals surface area contributed by atoms with E-state index in [-0.39, 0.29) is 13.2 Å². The van der Waals surface area contributed by atoms with E-state index in [2.05, 4.69) is 0 Å². The van der Waals surface area contributed by atoms with Gasteiger partial charge in [0, 0.05) is 0 Å². The summed E-state index contributed by atoms with van der Waals surface area (Å²) in [6.45, 7) is 1.55. The number of aliphatic hydroxyl groups excluding tert-OH is 1. The summed E-state index contributed by atoms with van der Waals surface area (Å²) in [5.74, 6) is -1.16. The van der Waals surface area contributed by atoms with Crippen LogP contribution in [0.1, 0.15) is 33.2 Å². The lowest BCUT2D eigenvalue weighted by Crippen LogP contribution is -2.61. The van der Waals surface area contributed by atoms with Crippen LogP contribution in [0.4, 0.5) is 0 Å². The number of hydrogen-bond donors (Lipinski definition) is 1. The van der Waals surface area contributed by atoms with E-state index in [1.807, 2.05) is 30.3 Å². The predicted molar refractivity (Wildman–Crippen MR) is 128 cm³/mol. The molecule has 35 heavy (non-hydrogen) atoms. The highest BCUT2D eigenvalue weighted by molar-refractivity contribution is 5.90. The molecule has 0 amide bonds. The van der Waals surface area contributed by atoms with Crippen LogP contribution in [-0.2, 0) is 25.6 Å². The number of hydrogen-bond acceptors (Lipinski definition) is 7. The van der Waals surface area contributed by atoms with Crippen molar-refractivity contribution in [2.45, 2.75) is 44.1 Å². The van der Waals surface area contributed by atoms with Gasteiger partial charge >= 0.3 is 11.9 Å². The number of ether oxygens (including phenoxy) is 4. The van der Waals surface area contributed by atoms with Gasteiger partial charge in [-0.1, -0.05) is 66.7 Å². The molecule has 0 spiro atoms. The molecule has 0 bridgehead atoms. The summed E-state index contributed by atoms with van der Waals surface area (Å²) < 4.78 is 23.8. The second-order valence-corrected chi connectivity index (χ2v) is 8.30. The predicted octanol–water partition coefficient (Wildman–Crippen LogP) is 3.80. The van der Waals surface area contributed by atoms with Crippen molar-refractivity contribution >= 4 is 11.9 Å². The van der Waals surface area contributed by atoms with Gasteiger partial charge in [-0.3, -0.25) is 0 Å². The van der Waals surface area contributed by atoms with Crippen LogP contribution in [0.15, 0.2) is 91.0 Å². The first-order valence-corrected chi connectivity index (χ1v) is 11.5. The fraction of sp³-hybridized carbons (Fsp3) is 0.286. The summed E-state index contributed by atoms with van der Waals surface area (Å²) in [6, 6.07) is 26.6. The summed E-state index contributed by atoms with van der Waals surface area (Å²) >= 11 is 0. The van der Waals surface area contributed by atoms with Crippen molar-refractivity contribution in [3.63, 3.8) is 0 Å². The molecule has 1 aliphatic rings. The average molecular weight is 477 g/mol. The minimum atomic E-state index is -1.01. The Labute approximate surface area is 204 Å².